The Morgan fingerprint density at radius 1 is 1.28 bits per heavy atom. The summed E-state index contributed by atoms with van der Waals surface area (Å²) in [6.45, 7) is 2.00. The predicted molar refractivity (Wildman–Crippen MR) is 115 cm³/mol. The molecule has 0 saturated carbocycles. The van der Waals surface area contributed by atoms with E-state index in [1.165, 1.54) is 7.11 Å². The number of halogens is 1. The van der Waals surface area contributed by atoms with E-state index in [0.29, 0.717) is 18.4 Å². The molecule has 1 aromatic carbocycles. The molecular weight excluding hydrogens is 394 g/mol. The number of ether oxygens (including phenoxy) is 1. The van der Waals surface area contributed by atoms with Gasteiger partial charge in [0.2, 0.25) is 0 Å². The SMILES string of the molecule is COC[C@H](CCc1ccc2c(c1)nc(-c1cc(C)c(=O)n(C)c1)n2C)C(=O)O.Cl. The summed E-state index contributed by atoms with van der Waals surface area (Å²) in [7, 11) is 5.20. The molecule has 8 heteroatoms. The number of hydrogen-bond acceptors (Lipinski definition) is 4. The Labute approximate surface area is 175 Å². The monoisotopic (exact) mass is 419 g/mol. The molecule has 2 heterocycles. The number of pyridine rings is 1. The van der Waals surface area contributed by atoms with Gasteiger partial charge >= 0.3 is 5.97 Å². The number of methoxy groups -OCH3 is 1. The Morgan fingerprint density at radius 3 is 2.62 bits per heavy atom. The van der Waals surface area contributed by atoms with Crippen molar-refractivity contribution in [1.29, 1.82) is 0 Å². The molecule has 0 aliphatic carbocycles. The summed E-state index contributed by atoms with van der Waals surface area (Å²) in [6.07, 6.45) is 2.94. The maximum atomic E-state index is 12.0. The fourth-order valence-corrected chi connectivity index (χ4v) is 3.48. The first-order valence-corrected chi connectivity index (χ1v) is 9.16. The first-order chi connectivity index (χ1) is 13.3. The van der Waals surface area contributed by atoms with Gasteiger partial charge in [-0.3, -0.25) is 9.59 Å². The van der Waals surface area contributed by atoms with Crippen LogP contribution in [0.15, 0.2) is 35.3 Å². The Balaban J connectivity index is 0.00000300. The second-order valence-corrected chi connectivity index (χ2v) is 7.17. The molecule has 0 bridgehead atoms. The van der Waals surface area contributed by atoms with Crippen LogP contribution in [0.2, 0.25) is 0 Å². The lowest BCUT2D eigenvalue weighted by Crippen LogP contribution is -2.19. The number of carboxylic acids is 1. The molecule has 0 fully saturated rings. The normalized spacial score (nSPS) is 12.0. The molecule has 156 valence electrons. The first-order valence-electron chi connectivity index (χ1n) is 9.16. The smallest absolute Gasteiger partial charge is 0.308 e. The van der Waals surface area contributed by atoms with E-state index in [4.69, 9.17) is 9.72 Å². The summed E-state index contributed by atoms with van der Waals surface area (Å²) >= 11 is 0. The topological polar surface area (TPSA) is 86.4 Å². The highest BCUT2D eigenvalue weighted by molar-refractivity contribution is 5.85. The van der Waals surface area contributed by atoms with Crippen molar-refractivity contribution < 1.29 is 14.6 Å². The highest BCUT2D eigenvalue weighted by Gasteiger charge is 2.18. The Hall–Kier alpha value is -2.64. The van der Waals surface area contributed by atoms with Crippen molar-refractivity contribution >= 4 is 29.4 Å². The lowest BCUT2D eigenvalue weighted by Gasteiger charge is -2.10. The minimum absolute atomic E-state index is 0. The number of rotatable bonds is 7. The molecule has 0 aliphatic heterocycles. The third-order valence-electron chi connectivity index (χ3n) is 5.06. The van der Waals surface area contributed by atoms with E-state index in [-0.39, 0.29) is 24.6 Å². The number of hydrogen-bond donors (Lipinski definition) is 1. The van der Waals surface area contributed by atoms with Gasteiger partial charge in [0.25, 0.3) is 5.56 Å². The molecule has 7 nitrogen and oxygen atoms in total. The van der Waals surface area contributed by atoms with Crippen LogP contribution < -0.4 is 5.56 Å². The Kier molecular flexibility index (Phi) is 7.21. The number of aryl methyl sites for hydroxylation is 4. The van der Waals surface area contributed by atoms with Gasteiger partial charge in [-0.1, -0.05) is 6.07 Å². The number of nitrogens with zero attached hydrogens (tertiary/aromatic N) is 3. The average molecular weight is 420 g/mol. The van der Waals surface area contributed by atoms with Crippen molar-refractivity contribution in [2.24, 2.45) is 20.0 Å². The molecule has 1 atom stereocenters. The van der Waals surface area contributed by atoms with Crippen molar-refractivity contribution in [3.05, 3.63) is 51.9 Å². The largest absolute Gasteiger partial charge is 0.481 e. The van der Waals surface area contributed by atoms with E-state index in [0.717, 1.165) is 28.0 Å². The van der Waals surface area contributed by atoms with E-state index in [9.17, 15) is 14.7 Å². The van der Waals surface area contributed by atoms with Crippen LogP contribution in [-0.2, 0) is 30.0 Å². The van der Waals surface area contributed by atoms with Crippen LogP contribution >= 0.6 is 12.4 Å². The highest BCUT2D eigenvalue weighted by atomic mass is 35.5. The molecule has 0 radical (unpaired) electrons. The number of benzene rings is 1. The second kappa shape index (κ2) is 9.24. The quantitative estimate of drug-likeness (QED) is 0.636. The van der Waals surface area contributed by atoms with Gasteiger partial charge in [0.15, 0.2) is 0 Å². The van der Waals surface area contributed by atoms with Gasteiger partial charge < -0.3 is 19.0 Å². The average Bonchev–Trinajstić information content (AvgIpc) is 2.98. The molecule has 0 saturated heterocycles. The molecule has 2 aromatic heterocycles. The van der Waals surface area contributed by atoms with Gasteiger partial charge in [0, 0.05) is 38.5 Å². The second-order valence-electron chi connectivity index (χ2n) is 7.17. The molecule has 0 unspecified atom stereocenters. The zero-order chi connectivity index (χ0) is 20.4. The summed E-state index contributed by atoms with van der Waals surface area (Å²) in [5, 5.41) is 9.26. The third-order valence-corrected chi connectivity index (χ3v) is 5.06. The molecule has 0 aliphatic rings. The minimum atomic E-state index is -0.840. The van der Waals surface area contributed by atoms with Crippen LogP contribution in [0.25, 0.3) is 22.4 Å². The van der Waals surface area contributed by atoms with Gasteiger partial charge in [-0.25, -0.2) is 4.98 Å². The fraction of sp³-hybridized carbons (Fsp3) is 0.381. The van der Waals surface area contributed by atoms with Gasteiger partial charge in [0.1, 0.15) is 5.82 Å². The summed E-state index contributed by atoms with van der Waals surface area (Å²) in [5.74, 6) is -0.574. The summed E-state index contributed by atoms with van der Waals surface area (Å²) in [6, 6.07) is 7.86. The molecule has 29 heavy (non-hydrogen) atoms. The molecule has 1 N–H and O–H groups in total. The molecule has 0 spiro atoms. The molecule has 3 rings (SSSR count). The molecular formula is C21H26ClN3O4. The van der Waals surface area contributed by atoms with Gasteiger partial charge in [0.05, 0.1) is 23.6 Å². The number of aliphatic carboxylic acids is 1. The van der Waals surface area contributed by atoms with Crippen molar-refractivity contribution in [2.75, 3.05) is 13.7 Å². The van der Waals surface area contributed by atoms with Crippen LogP contribution in [0.5, 0.6) is 0 Å². The number of imidazole rings is 1. The van der Waals surface area contributed by atoms with E-state index in [1.54, 1.807) is 24.7 Å². The van der Waals surface area contributed by atoms with Crippen LogP contribution in [0.4, 0.5) is 0 Å². The van der Waals surface area contributed by atoms with Crippen LogP contribution in [0, 0.1) is 12.8 Å². The van der Waals surface area contributed by atoms with Crippen LogP contribution in [-0.4, -0.2) is 38.9 Å². The zero-order valence-electron chi connectivity index (χ0n) is 17.0. The van der Waals surface area contributed by atoms with Gasteiger partial charge in [-0.15, -0.1) is 12.4 Å². The molecule has 3 aromatic rings. The summed E-state index contributed by atoms with van der Waals surface area (Å²) in [4.78, 5) is 28.0. The molecule has 0 amide bonds. The fourth-order valence-electron chi connectivity index (χ4n) is 3.48. The maximum absolute atomic E-state index is 12.0. The predicted octanol–water partition coefficient (Wildman–Crippen LogP) is 2.95. The van der Waals surface area contributed by atoms with Crippen LogP contribution in [0.1, 0.15) is 17.5 Å². The van der Waals surface area contributed by atoms with Crippen molar-refractivity contribution in [2.45, 2.75) is 19.8 Å². The maximum Gasteiger partial charge on any atom is 0.308 e. The third kappa shape index (κ3) is 4.68. The van der Waals surface area contributed by atoms with E-state index < -0.39 is 11.9 Å². The Bertz CT molecular complexity index is 1060. The van der Waals surface area contributed by atoms with Crippen molar-refractivity contribution in [3.8, 4) is 11.4 Å². The summed E-state index contributed by atoms with van der Waals surface area (Å²) in [5.41, 5.74) is 4.40. The van der Waals surface area contributed by atoms with Gasteiger partial charge in [-0.05, 0) is 43.5 Å². The highest BCUT2D eigenvalue weighted by Crippen LogP contribution is 2.25. The van der Waals surface area contributed by atoms with Crippen LogP contribution in [0.3, 0.4) is 0 Å². The number of carbonyl (C=O) groups is 1. The number of fused-ring (bicyclic) bond motifs is 1. The lowest BCUT2D eigenvalue weighted by molar-refractivity contribution is -0.143. The standard InChI is InChI=1S/C21H25N3O4.ClH/c1-13-9-16(11-23(2)20(13)25)19-22-17-10-14(6-8-18(17)24(19)3)5-7-15(12-28-4)21(26)27;/h6,8-11,15H,5,7,12H2,1-4H3,(H,26,27);1H/t15-;/m0./s1. The van der Waals surface area contributed by atoms with E-state index in [2.05, 4.69) is 0 Å². The number of aromatic nitrogens is 3. The zero-order valence-corrected chi connectivity index (χ0v) is 17.8. The first kappa shape index (κ1) is 22.6. The van der Waals surface area contributed by atoms with E-state index >= 15 is 0 Å². The van der Waals surface area contributed by atoms with E-state index in [1.807, 2.05) is 35.9 Å². The summed E-state index contributed by atoms with van der Waals surface area (Å²) < 4.78 is 8.57. The lowest BCUT2D eigenvalue weighted by atomic mass is 10.00. The van der Waals surface area contributed by atoms with Crippen molar-refractivity contribution in [3.63, 3.8) is 0 Å². The minimum Gasteiger partial charge on any atom is -0.481 e. The van der Waals surface area contributed by atoms with Gasteiger partial charge in [-0.2, -0.15) is 0 Å². The number of carboxylic acid groups (broad SMARTS) is 1. The van der Waals surface area contributed by atoms with Crippen molar-refractivity contribution in [1.82, 2.24) is 14.1 Å². The Morgan fingerprint density at radius 2 is 2.00 bits per heavy atom.